The molecule has 0 aliphatic rings. The van der Waals surface area contributed by atoms with Crippen molar-refractivity contribution in [3.63, 3.8) is 0 Å². The largest absolute Gasteiger partial charge is 0.497 e. The number of hydrogen-bond acceptors (Lipinski definition) is 3. The van der Waals surface area contributed by atoms with Gasteiger partial charge in [-0.15, -0.1) is 0 Å². The fourth-order valence-electron chi connectivity index (χ4n) is 3.78. The van der Waals surface area contributed by atoms with E-state index in [4.69, 9.17) is 4.74 Å². The van der Waals surface area contributed by atoms with Crippen LogP contribution in [0.15, 0.2) is 71.5 Å². The fourth-order valence-corrected chi connectivity index (χ4v) is 3.78. The van der Waals surface area contributed by atoms with Gasteiger partial charge in [-0.05, 0) is 85.3 Å². The van der Waals surface area contributed by atoms with Crippen LogP contribution < -0.4 is 15.2 Å². The second kappa shape index (κ2) is 8.71. The second-order valence-electron chi connectivity index (χ2n) is 8.05. The van der Waals surface area contributed by atoms with Crippen LogP contribution in [0.3, 0.4) is 0 Å². The number of ether oxygens (including phenoxy) is 1. The first kappa shape index (κ1) is 21.4. The van der Waals surface area contributed by atoms with Gasteiger partial charge in [0.25, 0.3) is 11.5 Å². The Morgan fingerprint density at radius 1 is 0.906 bits per heavy atom. The van der Waals surface area contributed by atoms with Crippen LogP contribution in [0, 0.1) is 20.8 Å². The van der Waals surface area contributed by atoms with E-state index in [1.54, 1.807) is 36.3 Å². The number of benzene rings is 3. The van der Waals surface area contributed by atoms with Gasteiger partial charge in [0.2, 0.25) is 0 Å². The van der Waals surface area contributed by atoms with Crippen LogP contribution >= 0.6 is 0 Å². The molecule has 5 nitrogen and oxygen atoms in total. The molecule has 4 rings (SSSR count). The van der Waals surface area contributed by atoms with E-state index < -0.39 is 0 Å². The van der Waals surface area contributed by atoms with Gasteiger partial charge in [-0.1, -0.05) is 24.3 Å². The van der Waals surface area contributed by atoms with E-state index in [9.17, 15) is 9.59 Å². The number of nitrogens with one attached hydrogen (secondary N) is 1. The quantitative estimate of drug-likeness (QED) is 0.470. The molecule has 0 unspecified atom stereocenters. The highest BCUT2D eigenvalue weighted by atomic mass is 16.5. The Bertz CT molecular complexity index is 1350. The zero-order valence-corrected chi connectivity index (χ0v) is 18.7. The lowest BCUT2D eigenvalue weighted by Gasteiger charge is -2.24. The number of aryl methyl sites for hydroxylation is 3. The lowest BCUT2D eigenvalue weighted by molar-refractivity contribution is 0.0985. The number of H-pyrrole nitrogens is 1. The van der Waals surface area contributed by atoms with E-state index in [0.717, 1.165) is 33.3 Å². The molecule has 1 N–H and O–H groups in total. The number of pyridine rings is 1. The van der Waals surface area contributed by atoms with Gasteiger partial charge in [-0.25, -0.2) is 0 Å². The minimum absolute atomic E-state index is 0.159. The molecule has 0 aliphatic heterocycles. The van der Waals surface area contributed by atoms with Crippen LogP contribution in [0.5, 0.6) is 5.75 Å². The molecule has 1 aromatic heterocycles. The molecular weight excluding hydrogens is 400 g/mol. The first-order valence-corrected chi connectivity index (χ1v) is 10.5. The number of carbonyl (C=O) groups is 1. The predicted molar refractivity (Wildman–Crippen MR) is 129 cm³/mol. The molecule has 0 bridgehead atoms. The molecule has 1 heterocycles. The minimum atomic E-state index is -0.192. The summed E-state index contributed by atoms with van der Waals surface area (Å²) >= 11 is 0. The van der Waals surface area contributed by atoms with Crippen molar-refractivity contribution in [2.45, 2.75) is 27.3 Å². The molecular formula is C27H26N2O3. The Hall–Kier alpha value is -3.86. The highest BCUT2D eigenvalue weighted by molar-refractivity contribution is 6.06. The Labute approximate surface area is 187 Å². The maximum atomic E-state index is 13.5. The van der Waals surface area contributed by atoms with Crippen LogP contribution in [0.4, 0.5) is 5.69 Å². The number of carbonyl (C=O) groups excluding carboxylic acids is 1. The van der Waals surface area contributed by atoms with Gasteiger partial charge in [0, 0.05) is 16.8 Å². The van der Waals surface area contributed by atoms with Gasteiger partial charge in [0.05, 0.1) is 19.2 Å². The maximum Gasteiger partial charge on any atom is 0.258 e. The van der Waals surface area contributed by atoms with Crippen molar-refractivity contribution < 1.29 is 9.53 Å². The van der Waals surface area contributed by atoms with Gasteiger partial charge >= 0.3 is 0 Å². The average Bonchev–Trinajstić information content (AvgIpc) is 2.80. The molecule has 1 amide bonds. The van der Waals surface area contributed by atoms with Crippen molar-refractivity contribution >= 4 is 22.5 Å². The fraction of sp³-hybridized carbons (Fsp3) is 0.185. The van der Waals surface area contributed by atoms with E-state index in [2.05, 4.69) is 4.98 Å². The molecule has 0 saturated heterocycles. The smallest absolute Gasteiger partial charge is 0.258 e. The maximum absolute atomic E-state index is 13.5. The number of para-hydroxylation sites is 1. The molecule has 0 radical (unpaired) electrons. The predicted octanol–water partition coefficient (Wildman–Crippen LogP) is 5.31. The zero-order valence-electron chi connectivity index (χ0n) is 18.7. The summed E-state index contributed by atoms with van der Waals surface area (Å²) in [6.45, 7) is 6.17. The number of rotatable bonds is 5. The van der Waals surface area contributed by atoms with E-state index in [1.807, 2.05) is 63.2 Å². The molecule has 0 saturated carbocycles. The molecule has 4 aromatic rings. The molecule has 0 spiro atoms. The van der Waals surface area contributed by atoms with Crippen molar-refractivity contribution in [1.82, 2.24) is 4.98 Å². The lowest BCUT2D eigenvalue weighted by atomic mass is 10.1. The molecule has 32 heavy (non-hydrogen) atoms. The highest BCUT2D eigenvalue weighted by Crippen LogP contribution is 2.24. The molecule has 0 fully saturated rings. The number of aromatic amines is 1. The average molecular weight is 427 g/mol. The van der Waals surface area contributed by atoms with Crippen LogP contribution in [-0.2, 0) is 6.54 Å². The van der Waals surface area contributed by atoms with Gasteiger partial charge in [-0.2, -0.15) is 0 Å². The number of nitrogens with zero attached hydrogens (tertiary/aromatic N) is 1. The summed E-state index contributed by atoms with van der Waals surface area (Å²) < 4.78 is 5.21. The summed E-state index contributed by atoms with van der Waals surface area (Å²) in [6.07, 6.45) is 0. The van der Waals surface area contributed by atoms with Gasteiger partial charge in [0.1, 0.15) is 5.75 Å². The molecule has 0 atom stereocenters. The van der Waals surface area contributed by atoms with E-state index in [-0.39, 0.29) is 18.0 Å². The lowest BCUT2D eigenvalue weighted by Crippen LogP contribution is -2.33. The van der Waals surface area contributed by atoms with Gasteiger partial charge in [0.15, 0.2) is 0 Å². The van der Waals surface area contributed by atoms with Gasteiger partial charge < -0.3 is 14.6 Å². The molecule has 5 heteroatoms. The third-order valence-electron chi connectivity index (χ3n) is 5.88. The normalized spacial score (nSPS) is 10.9. The van der Waals surface area contributed by atoms with Crippen LogP contribution in [0.1, 0.15) is 32.6 Å². The number of aromatic nitrogens is 1. The molecule has 162 valence electrons. The Morgan fingerprint density at radius 3 is 2.34 bits per heavy atom. The molecule has 0 aliphatic carbocycles. The van der Waals surface area contributed by atoms with Crippen molar-refractivity contribution in [1.29, 1.82) is 0 Å². The van der Waals surface area contributed by atoms with Gasteiger partial charge in [-0.3, -0.25) is 9.59 Å². The topological polar surface area (TPSA) is 62.4 Å². The summed E-state index contributed by atoms with van der Waals surface area (Å²) in [7, 11) is 1.59. The highest BCUT2D eigenvalue weighted by Gasteiger charge is 2.20. The minimum Gasteiger partial charge on any atom is -0.497 e. The number of amides is 1. The Kier molecular flexibility index (Phi) is 5.82. The van der Waals surface area contributed by atoms with Crippen molar-refractivity contribution in [3.05, 3.63) is 105 Å². The van der Waals surface area contributed by atoms with Crippen molar-refractivity contribution in [2.24, 2.45) is 0 Å². The number of fused-ring (bicyclic) bond motifs is 1. The summed E-state index contributed by atoms with van der Waals surface area (Å²) in [6, 6.07) is 20.7. The van der Waals surface area contributed by atoms with E-state index in [1.165, 1.54) is 0 Å². The number of methoxy groups -OCH3 is 1. The zero-order chi connectivity index (χ0) is 22.8. The number of hydrogen-bond donors (Lipinski definition) is 1. The first-order chi connectivity index (χ1) is 15.4. The van der Waals surface area contributed by atoms with E-state index in [0.29, 0.717) is 16.9 Å². The summed E-state index contributed by atoms with van der Waals surface area (Å²) in [5.41, 5.74) is 5.66. The van der Waals surface area contributed by atoms with Crippen LogP contribution in [0.25, 0.3) is 10.9 Å². The van der Waals surface area contributed by atoms with Crippen LogP contribution in [0.2, 0.25) is 0 Å². The second-order valence-corrected chi connectivity index (χ2v) is 8.05. The third-order valence-corrected chi connectivity index (χ3v) is 5.88. The number of anilines is 1. The Morgan fingerprint density at radius 2 is 1.66 bits per heavy atom. The summed E-state index contributed by atoms with van der Waals surface area (Å²) in [5, 5.41) is 0.941. The van der Waals surface area contributed by atoms with Crippen molar-refractivity contribution in [3.8, 4) is 5.75 Å². The SMILES string of the molecule is COc1ccc(C(=O)N(Cc2cc3cccc(C)c3[nH]c2=O)c2ccc(C)c(C)c2)cc1. The Balaban J connectivity index is 1.79. The molecule has 3 aromatic carbocycles. The third kappa shape index (κ3) is 4.14. The summed E-state index contributed by atoms with van der Waals surface area (Å²) in [5.74, 6) is 0.500. The monoisotopic (exact) mass is 426 g/mol. The van der Waals surface area contributed by atoms with Crippen LogP contribution in [-0.4, -0.2) is 18.0 Å². The first-order valence-electron chi connectivity index (χ1n) is 10.5. The summed E-state index contributed by atoms with van der Waals surface area (Å²) in [4.78, 5) is 31.1. The van der Waals surface area contributed by atoms with E-state index >= 15 is 0 Å². The standard InChI is InChI=1S/C27H26N2O3/c1-17-8-11-23(14-19(17)3)29(27(31)20-9-12-24(32-4)13-10-20)16-22-15-21-7-5-6-18(2)25(21)28-26(22)30/h5-15H,16H2,1-4H3,(H,28,30). The van der Waals surface area contributed by atoms with Crippen molar-refractivity contribution in [2.75, 3.05) is 12.0 Å².